The van der Waals surface area contributed by atoms with Gasteiger partial charge in [-0.15, -0.1) is 0 Å². The van der Waals surface area contributed by atoms with Crippen LogP contribution in [0.2, 0.25) is 0 Å². The number of ether oxygens (including phenoxy) is 1. The summed E-state index contributed by atoms with van der Waals surface area (Å²) >= 11 is 0. The minimum absolute atomic E-state index is 0.191. The third-order valence-corrected chi connectivity index (χ3v) is 2.24. The van der Waals surface area contributed by atoms with Crippen molar-refractivity contribution in [3.05, 3.63) is 42.0 Å². The molecule has 1 heterocycles. The van der Waals surface area contributed by atoms with Crippen LogP contribution in [0.4, 0.5) is 4.39 Å². The van der Waals surface area contributed by atoms with Gasteiger partial charge in [-0.3, -0.25) is 0 Å². The molecule has 1 aromatic carbocycles. The van der Waals surface area contributed by atoms with Gasteiger partial charge in [-0.25, -0.2) is 14.2 Å². The number of hydrogen-bond acceptors (Lipinski definition) is 3. The number of carbonyl (C=O) groups is 1. The van der Waals surface area contributed by atoms with Crippen molar-refractivity contribution in [2.75, 3.05) is 0 Å². The lowest BCUT2D eigenvalue weighted by Gasteiger charge is -2.07. The molecule has 2 rings (SSSR count). The minimum atomic E-state index is -0.494. The maximum absolute atomic E-state index is 13.0. The van der Waals surface area contributed by atoms with E-state index in [-0.39, 0.29) is 17.6 Å². The Hall–Kier alpha value is -1.97. The van der Waals surface area contributed by atoms with E-state index in [4.69, 9.17) is 4.74 Å². The van der Waals surface area contributed by atoms with E-state index in [1.54, 1.807) is 19.9 Å². The second kappa shape index (κ2) is 4.49. The van der Waals surface area contributed by atoms with Crippen LogP contribution in [-0.4, -0.2) is 17.1 Å². The van der Waals surface area contributed by atoms with Gasteiger partial charge in [0.1, 0.15) is 11.5 Å². The van der Waals surface area contributed by atoms with Crippen molar-refractivity contribution >= 4 is 16.7 Å². The lowest BCUT2D eigenvalue weighted by Crippen LogP contribution is -2.12. The zero-order valence-electron chi connectivity index (χ0n) is 9.61. The molecule has 0 unspecified atom stereocenters. The average molecular weight is 233 g/mol. The van der Waals surface area contributed by atoms with E-state index in [2.05, 4.69) is 4.98 Å². The van der Waals surface area contributed by atoms with Crippen LogP contribution < -0.4 is 0 Å². The summed E-state index contributed by atoms with van der Waals surface area (Å²) in [5.74, 6) is -0.835. The fraction of sp³-hybridized carbons (Fsp3) is 0.231. The quantitative estimate of drug-likeness (QED) is 0.748. The highest BCUT2D eigenvalue weighted by molar-refractivity contribution is 5.93. The van der Waals surface area contributed by atoms with Crippen LogP contribution in [0.5, 0.6) is 0 Å². The number of carbonyl (C=O) groups excluding carboxylic acids is 1. The Morgan fingerprint density at radius 1 is 1.29 bits per heavy atom. The SMILES string of the molecule is CC(C)OC(=O)c1cc2cc(F)ccc2cn1. The number of benzene rings is 1. The molecular formula is C13H12FNO2. The molecule has 0 atom stereocenters. The smallest absolute Gasteiger partial charge is 0.357 e. The number of nitrogens with zero attached hydrogens (tertiary/aromatic N) is 1. The van der Waals surface area contributed by atoms with Gasteiger partial charge in [0, 0.05) is 11.6 Å². The summed E-state index contributed by atoms with van der Waals surface area (Å²) < 4.78 is 18.1. The van der Waals surface area contributed by atoms with Crippen LogP contribution in [0, 0.1) is 5.82 Å². The molecule has 2 aromatic rings. The molecule has 0 bridgehead atoms. The van der Waals surface area contributed by atoms with E-state index < -0.39 is 5.97 Å². The first-order valence-electron chi connectivity index (χ1n) is 5.32. The predicted octanol–water partition coefficient (Wildman–Crippen LogP) is 2.94. The molecule has 0 saturated heterocycles. The predicted molar refractivity (Wildman–Crippen MR) is 62.3 cm³/mol. The molecule has 0 aliphatic heterocycles. The lowest BCUT2D eigenvalue weighted by molar-refractivity contribution is 0.0371. The normalized spacial score (nSPS) is 10.8. The molecule has 17 heavy (non-hydrogen) atoms. The van der Waals surface area contributed by atoms with Crippen molar-refractivity contribution in [1.82, 2.24) is 4.98 Å². The van der Waals surface area contributed by atoms with Crippen LogP contribution in [-0.2, 0) is 4.74 Å². The standard InChI is InChI=1S/C13H12FNO2/c1-8(2)17-13(16)12-6-10-5-11(14)4-3-9(10)7-15-12/h3-8H,1-2H3. The zero-order valence-corrected chi connectivity index (χ0v) is 9.61. The zero-order chi connectivity index (χ0) is 12.4. The summed E-state index contributed by atoms with van der Waals surface area (Å²) in [5, 5.41) is 1.42. The third kappa shape index (κ3) is 2.58. The number of fused-ring (bicyclic) bond motifs is 1. The molecule has 1 aromatic heterocycles. The fourth-order valence-corrected chi connectivity index (χ4v) is 1.50. The Morgan fingerprint density at radius 2 is 2.06 bits per heavy atom. The van der Waals surface area contributed by atoms with Crippen molar-refractivity contribution in [2.45, 2.75) is 20.0 Å². The van der Waals surface area contributed by atoms with Gasteiger partial charge in [0.15, 0.2) is 0 Å². The lowest BCUT2D eigenvalue weighted by atomic mass is 10.1. The average Bonchev–Trinajstić information content (AvgIpc) is 2.27. The molecule has 0 amide bonds. The highest BCUT2D eigenvalue weighted by Gasteiger charge is 2.11. The molecule has 0 radical (unpaired) electrons. The first-order valence-corrected chi connectivity index (χ1v) is 5.32. The Morgan fingerprint density at radius 3 is 2.76 bits per heavy atom. The highest BCUT2D eigenvalue weighted by atomic mass is 19.1. The van der Waals surface area contributed by atoms with Gasteiger partial charge in [-0.1, -0.05) is 0 Å². The largest absolute Gasteiger partial charge is 0.458 e. The van der Waals surface area contributed by atoms with Crippen molar-refractivity contribution in [2.24, 2.45) is 0 Å². The monoisotopic (exact) mass is 233 g/mol. The van der Waals surface area contributed by atoms with Crippen molar-refractivity contribution in [1.29, 1.82) is 0 Å². The van der Waals surface area contributed by atoms with Gasteiger partial charge in [0.05, 0.1) is 6.10 Å². The van der Waals surface area contributed by atoms with E-state index in [1.165, 1.54) is 24.4 Å². The molecule has 0 saturated carbocycles. The third-order valence-electron chi connectivity index (χ3n) is 2.24. The summed E-state index contributed by atoms with van der Waals surface area (Å²) in [4.78, 5) is 15.6. The van der Waals surface area contributed by atoms with E-state index in [0.29, 0.717) is 5.39 Å². The second-order valence-electron chi connectivity index (χ2n) is 4.02. The van der Waals surface area contributed by atoms with Gasteiger partial charge in [0.25, 0.3) is 0 Å². The highest BCUT2D eigenvalue weighted by Crippen LogP contribution is 2.16. The van der Waals surface area contributed by atoms with E-state index in [0.717, 1.165) is 5.39 Å². The summed E-state index contributed by atoms with van der Waals surface area (Å²) in [6.07, 6.45) is 1.33. The van der Waals surface area contributed by atoms with E-state index in [1.807, 2.05) is 0 Å². The summed E-state index contributed by atoms with van der Waals surface area (Å²) in [6, 6.07) is 5.87. The molecule has 0 aliphatic carbocycles. The Balaban J connectivity index is 2.40. The molecule has 0 aliphatic rings. The molecule has 0 fully saturated rings. The molecule has 0 spiro atoms. The Kier molecular flexibility index (Phi) is 3.04. The van der Waals surface area contributed by atoms with Crippen LogP contribution in [0.3, 0.4) is 0 Å². The number of rotatable bonds is 2. The van der Waals surface area contributed by atoms with Crippen LogP contribution >= 0.6 is 0 Å². The van der Waals surface area contributed by atoms with Gasteiger partial charge in [0.2, 0.25) is 0 Å². The van der Waals surface area contributed by atoms with Gasteiger partial charge in [-0.05, 0) is 43.5 Å². The molecule has 0 N–H and O–H groups in total. The number of pyridine rings is 1. The first kappa shape index (κ1) is 11.5. The van der Waals surface area contributed by atoms with Crippen LogP contribution in [0.15, 0.2) is 30.5 Å². The first-order chi connectivity index (χ1) is 8.06. The number of aromatic nitrogens is 1. The summed E-state index contributed by atoms with van der Waals surface area (Å²) in [5.41, 5.74) is 0.191. The van der Waals surface area contributed by atoms with Gasteiger partial charge < -0.3 is 4.74 Å². The van der Waals surface area contributed by atoms with E-state index >= 15 is 0 Å². The van der Waals surface area contributed by atoms with Crippen molar-refractivity contribution < 1.29 is 13.9 Å². The second-order valence-corrected chi connectivity index (χ2v) is 4.02. The van der Waals surface area contributed by atoms with Crippen molar-refractivity contribution in [3.63, 3.8) is 0 Å². The molecule has 4 heteroatoms. The van der Waals surface area contributed by atoms with E-state index in [9.17, 15) is 9.18 Å². The Labute approximate surface area is 98.2 Å². The van der Waals surface area contributed by atoms with Gasteiger partial charge in [-0.2, -0.15) is 0 Å². The Bertz CT molecular complexity index is 566. The maximum atomic E-state index is 13.0. The van der Waals surface area contributed by atoms with Gasteiger partial charge >= 0.3 is 5.97 Å². The number of hydrogen-bond donors (Lipinski definition) is 0. The summed E-state index contributed by atoms with van der Waals surface area (Å²) in [6.45, 7) is 3.53. The minimum Gasteiger partial charge on any atom is -0.458 e. The number of esters is 1. The fourth-order valence-electron chi connectivity index (χ4n) is 1.50. The number of halogens is 1. The topological polar surface area (TPSA) is 39.2 Å². The molecule has 88 valence electrons. The molecule has 3 nitrogen and oxygen atoms in total. The van der Waals surface area contributed by atoms with Crippen LogP contribution in [0.1, 0.15) is 24.3 Å². The molecular weight excluding hydrogens is 221 g/mol. The summed E-state index contributed by atoms with van der Waals surface area (Å²) in [7, 11) is 0. The van der Waals surface area contributed by atoms with Crippen LogP contribution in [0.25, 0.3) is 10.8 Å². The van der Waals surface area contributed by atoms with Crippen molar-refractivity contribution in [3.8, 4) is 0 Å². The maximum Gasteiger partial charge on any atom is 0.357 e.